The van der Waals surface area contributed by atoms with Crippen LogP contribution in [0.1, 0.15) is 17.5 Å². The van der Waals surface area contributed by atoms with Crippen LogP contribution in [0, 0.1) is 6.92 Å². The smallest absolute Gasteiger partial charge is 0.195 e. The van der Waals surface area contributed by atoms with E-state index in [-0.39, 0.29) is 0 Å². The minimum Gasteiger partial charge on any atom is -0.388 e. The van der Waals surface area contributed by atoms with Crippen molar-refractivity contribution in [2.45, 2.75) is 18.2 Å². The summed E-state index contributed by atoms with van der Waals surface area (Å²) < 4.78 is 2.00. The Kier molecular flexibility index (Phi) is 4.56. The molecule has 0 radical (unpaired) electrons. The lowest BCUT2D eigenvalue weighted by atomic mass is 10.1. The van der Waals surface area contributed by atoms with Crippen LogP contribution in [-0.4, -0.2) is 25.6 Å². The number of thioether (sulfide) groups is 1. The molecule has 0 aliphatic carbocycles. The second kappa shape index (κ2) is 6.77. The second-order valence-corrected chi connectivity index (χ2v) is 5.93. The first-order valence-corrected chi connectivity index (χ1v) is 8.07. The summed E-state index contributed by atoms with van der Waals surface area (Å²) in [6.07, 6.45) is -0.521. The summed E-state index contributed by atoms with van der Waals surface area (Å²) in [5.41, 5.74) is 1.94. The Morgan fingerprint density at radius 1 is 1.00 bits per heavy atom. The van der Waals surface area contributed by atoms with Crippen molar-refractivity contribution < 1.29 is 5.11 Å². The highest BCUT2D eigenvalue weighted by Crippen LogP contribution is 2.26. The van der Waals surface area contributed by atoms with Crippen LogP contribution in [0.5, 0.6) is 0 Å². The summed E-state index contributed by atoms with van der Waals surface area (Å²) >= 11 is 1.51. The standard InChI is InChI=1S/C17H17N3OS/c1-13-18-19-17(20(13)15-10-6-3-7-11-15)22-12-16(21)14-8-4-2-5-9-14/h2-11,16,21H,12H2,1H3/t16-/m1/s1. The topological polar surface area (TPSA) is 50.9 Å². The molecule has 0 unspecified atom stereocenters. The van der Waals surface area contributed by atoms with Crippen molar-refractivity contribution in [1.29, 1.82) is 0 Å². The highest BCUT2D eigenvalue weighted by atomic mass is 32.2. The van der Waals surface area contributed by atoms with Gasteiger partial charge in [0.25, 0.3) is 0 Å². The lowest BCUT2D eigenvalue weighted by Gasteiger charge is -2.11. The van der Waals surface area contributed by atoms with Crippen molar-refractivity contribution in [2.75, 3.05) is 5.75 Å². The number of para-hydroxylation sites is 1. The zero-order valence-electron chi connectivity index (χ0n) is 12.3. The number of aliphatic hydroxyl groups excluding tert-OH is 1. The molecule has 112 valence electrons. The van der Waals surface area contributed by atoms with Gasteiger partial charge in [-0.2, -0.15) is 0 Å². The Balaban J connectivity index is 1.77. The van der Waals surface area contributed by atoms with Gasteiger partial charge in [-0.1, -0.05) is 60.3 Å². The molecule has 1 heterocycles. The average Bonchev–Trinajstić information content (AvgIpc) is 2.95. The van der Waals surface area contributed by atoms with E-state index in [1.54, 1.807) is 0 Å². The van der Waals surface area contributed by atoms with Gasteiger partial charge in [-0.05, 0) is 24.6 Å². The monoisotopic (exact) mass is 311 g/mol. The first-order chi connectivity index (χ1) is 10.8. The number of nitrogens with zero attached hydrogens (tertiary/aromatic N) is 3. The van der Waals surface area contributed by atoms with Gasteiger partial charge < -0.3 is 5.11 Å². The van der Waals surface area contributed by atoms with E-state index in [9.17, 15) is 5.11 Å². The predicted octanol–water partition coefficient (Wildman–Crippen LogP) is 3.40. The van der Waals surface area contributed by atoms with Gasteiger partial charge in [-0.15, -0.1) is 10.2 Å². The molecule has 0 aliphatic rings. The van der Waals surface area contributed by atoms with Crippen LogP contribution in [0.2, 0.25) is 0 Å². The minimum absolute atomic E-state index is 0.521. The Morgan fingerprint density at radius 2 is 1.64 bits per heavy atom. The molecular weight excluding hydrogens is 294 g/mol. The van der Waals surface area contributed by atoms with Crippen molar-refractivity contribution in [2.24, 2.45) is 0 Å². The maximum atomic E-state index is 10.3. The normalized spacial score (nSPS) is 12.3. The highest BCUT2D eigenvalue weighted by Gasteiger charge is 2.14. The number of benzene rings is 2. The fraction of sp³-hybridized carbons (Fsp3) is 0.176. The first-order valence-electron chi connectivity index (χ1n) is 7.09. The van der Waals surface area contributed by atoms with Crippen LogP contribution < -0.4 is 0 Å². The molecular formula is C17H17N3OS. The molecule has 0 amide bonds. The van der Waals surface area contributed by atoms with Crippen LogP contribution in [0.4, 0.5) is 0 Å². The fourth-order valence-electron chi connectivity index (χ4n) is 2.24. The van der Waals surface area contributed by atoms with Crippen LogP contribution in [0.25, 0.3) is 5.69 Å². The minimum atomic E-state index is -0.521. The SMILES string of the molecule is Cc1nnc(SC[C@@H](O)c2ccccc2)n1-c1ccccc1. The molecule has 1 aromatic heterocycles. The summed E-state index contributed by atoms with van der Waals surface area (Å²) in [5, 5.41) is 19.4. The van der Waals surface area contributed by atoms with E-state index in [1.165, 1.54) is 11.8 Å². The lowest BCUT2D eigenvalue weighted by molar-refractivity contribution is 0.204. The second-order valence-electron chi connectivity index (χ2n) is 4.94. The van der Waals surface area contributed by atoms with Crippen LogP contribution in [0.3, 0.4) is 0 Å². The molecule has 4 nitrogen and oxygen atoms in total. The van der Waals surface area contributed by atoms with Gasteiger partial charge >= 0.3 is 0 Å². The van der Waals surface area contributed by atoms with Gasteiger partial charge in [0.2, 0.25) is 0 Å². The molecule has 0 fully saturated rings. The fourth-order valence-corrected chi connectivity index (χ4v) is 3.20. The van der Waals surface area contributed by atoms with Crippen LogP contribution in [0.15, 0.2) is 65.8 Å². The van der Waals surface area contributed by atoms with Crippen LogP contribution >= 0.6 is 11.8 Å². The van der Waals surface area contributed by atoms with E-state index >= 15 is 0 Å². The number of aliphatic hydroxyl groups is 1. The summed E-state index contributed by atoms with van der Waals surface area (Å²) in [6, 6.07) is 19.7. The van der Waals surface area contributed by atoms with Crippen molar-refractivity contribution in [3.63, 3.8) is 0 Å². The van der Waals surface area contributed by atoms with Gasteiger partial charge in [-0.3, -0.25) is 4.57 Å². The zero-order valence-corrected chi connectivity index (χ0v) is 13.1. The number of hydrogen-bond acceptors (Lipinski definition) is 4. The van der Waals surface area contributed by atoms with Gasteiger partial charge in [0, 0.05) is 11.4 Å². The van der Waals surface area contributed by atoms with E-state index < -0.39 is 6.10 Å². The van der Waals surface area contributed by atoms with Crippen molar-refractivity contribution in [3.8, 4) is 5.69 Å². The number of rotatable bonds is 5. The number of hydrogen-bond donors (Lipinski definition) is 1. The quantitative estimate of drug-likeness (QED) is 0.734. The summed E-state index contributed by atoms with van der Waals surface area (Å²) in [4.78, 5) is 0. The molecule has 0 aliphatic heterocycles. The van der Waals surface area contributed by atoms with Crippen molar-refractivity contribution >= 4 is 11.8 Å². The third-order valence-corrected chi connectivity index (χ3v) is 4.37. The van der Waals surface area contributed by atoms with Crippen molar-refractivity contribution in [3.05, 3.63) is 72.1 Å². The lowest BCUT2D eigenvalue weighted by Crippen LogP contribution is -2.03. The molecule has 22 heavy (non-hydrogen) atoms. The predicted molar refractivity (Wildman–Crippen MR) is 88.2 cm³/mol. The Morgan fingerprint density at radius 3 is 2.32 bits per heavy atom. The van der Waals surface area contributed by atoms with Crippen LogP contribution in [-0.2, 0) is 0 Å². The van der Waals surface area contributed by atoms with Gasteiger partial charge in [-0.25, -0.2) is 0 Å². The first kappa shape index (κ1) is 14.8. The molecule has 0 saturated heterocycles. The third kappa shape index (κ3) is 3.21. The van der Waals surface area contributed by atoms with Crippen molar-refractivity contribution in [1.82, 2.24) is 14.8 Å². The van der Waals surface area contributed by atoms with E-state index in [0.717, 1.165) is 22.2 Å². The maximum Gasteiger partial charge on any atom is 0.195 e. The Hall–Kier alpha value is -2.11. The van der Waals surface area contributed by atoms with E-state index in [4.69, 9.17) is 0 Å². The van der Waals surface area contributed by atoms with E-state index in [2.05, 4.69) is 10.2 Å². The molecule has 0 spiro atoms. The highest BCUT2D eigenvalue weighted by molar-refractivity contribution is 7.99. The Labute approximate surface area is 133 Å². The molecule has 0 bridgehead atoms. The van der Waals surface area contributed by atoms with Gasteiger partial charge in [0.15, 0.2) is 5.16 Å². The van der Waals surface area contributed by atoms with E-state index in [0.29, 0.717) is 5.75 Å². The molecule has 5 heteroatoms. The summed E-state index contributed by atoms with van der Waals surface area (Å²) in [5.74, 6) is 1.37. The zero-order chi connectivity index (χ0) is 15.4. The summed E-state index contributed by atoms with van der Waals surface area (Å²) in [7, 11) is 0. The number of aromatic nitrogens is 3. The third-order valence-electron chi connectivity index (χ3n) is 3.36. The molecule has 3 aromatic rings. The summed E-state index contributed by atoms with van der Waals surface area (Å²) in [6.45, 7) is 1.93. The average molecular weight is 311 g/mol. The molecule has 0 saturated carbocycles. The van der Waals surface area contributed by atoms with Gasteiger partial charge in [0.1, 0.15) is 5.82 Å². The van der Waals surface area contributed by atoms with Gasteiger partial charge in [0.05, 0.1) is 6.10 Å². The largest absolute Gasteiger partial charge is 0.388 e. The molecule has 2 aromatic carbocycles. The van der Waals surface area contributed by atoms with E-state index in [1.807, 2.05) is 72.2 Å². The molecule has 3 rings (SSSR count). The molecule has 1 N–H and O–H groups in total. The maximum absolute atomic E-state index is 10.3. The molecule has 1 atom stereocenters. The number of aryl methyl sites for hydroxylation is 1. The Bertz CT molecular complexity index is 728.